The number of thioether (sulfide) groups is 1. The molecule has 2 aromatic heterocycles. The average Bonchev–Trinajstić information content (AvgIpc) is 3.10. The molecule has 0 aliphatic carbocycles. The van der Waals surface area contributed by atoms with E-state index >= 15 is 0 Å². The normalized spacial score (nSPS) is 12.5. The minimum Gasteiger partial charge on any atom is -0.196 e. The van der Waals surface area contributed by atoms with Crippen LogP contribution in [0.5, 0.6) is 0 Å². The van der Waals surface area contributed by atoms with E-state index in [-0.39, 0.29) is 5.25 Å². The first-order chi connectivity index (χ1) is 9.34. The van der Waals surface area contributed by atoms with Crippen LogP contribution in [0.25, 0.3) is 5.69 Å². The highest BCUT2D eigenvalue weighted by molar-refractivity contribution is 8.01. The van der Waals surface area contributed by atoms with Gasteiger partial charge in [0.1, 0.15) is 5.51 Å². The van der Waals surface area contributed by atoms with Gasteiger partial charge in [-0.15, -0.1) is 15.3 Å². The van der Waals surface area contributed by atoms with Gasteiger partial charge in [0.15, 0.2) is 10.2 Å². The van der Waals surface area contributed by atoms with Crippen molar-refractivity contribution in [2.75, 3.05) is 0 Å². The van der Waals surface area contributed by atoms with Crippen LogP contribution < -0.4 is 0 Å². The van der Waals surface area contributed by atoms with Crippen LogP contribution in [0.4, 0.5) is 0 Å². The van der Waals surface area contributed by atoms with Gasteiger partial charge >= 0.3 is 0 Å². The second kappa shape index (κ2) is 5.45. The molecule has 3 aromatic rings. The molecular weight excluding hydrogens is 280 g/mol. The van der Waals surface area contributed by atoms with Gasteiger partial charge in [0, 0.05) is 0 Å². The van der Waals surface area contributed by atoms with Crippen molar-refractivity contribution in [3.63, 3.8) is 0 Å². The topological polar surface area (TPSA) is 69.4 Å². The maximum absolute atomic E-state index is 4.11. The summed E-state index contributed by atoms with van der Waals surface area (Å²) in [5.74, 6) is 0.798. The van der Waals surface area contributed by atoms with Gasteiger partial charge in [-0.1, -0.05) is 41.3 Å². The molecule has 0 radical (unpaired) electrons. The third-order valence-corrected chi connectivity index (χ3v) is 4.38. The van der Waals surface area contributed by atoms with Gasteiger partial charge in [0.2, 0.25) is 0 Å². The number of tetrazole rings is 1. The van der Waals surface area contributed by atoms with Gasteiger partial charge in [-0.2, -0.15) is 4.68 Å². The lowest BCUT2D eigenvalue weighted by molar-refractivity contribution is 0.762. The quantitative estimate of drug-likeness (QED) is 0.687. The summed E-state index contributed by atoms with van der Waals surface area (Å²) >= 11 is 3.11. The molecule has 6 nitrogen and oxygen atoms in total. The summed E-state index contributed by atoms with van der Waals surface area (Å²) in [4.78, 5) is 0. The molecule has 0 N–H and O–H groups in total. The molecule has 0 bridgehead atoms. The highest BCUT2D eigenvalue weighted by Gasteiger charge is 2.18. The molecule has 3 rings (SSSR count). The fourth-order valence-corrected chi connectivity index (χ4v) is 3.33. The summed E-state index contributed by atoms with van der Waals surface area (Å²) in [5.41, 5.74) is 2.67. The van der Waals surface area contributed by atoms with Crippen LogP contribution in [0.1, 0.15) is 18.0 Å². The van der Waals surface area contributed by atoms with Crippen LogP contribution in [0.3, 0.4) is 0 Å². The van der Waals surface area contributed by atoms with Crippen molar-refractivity contribution in [3.8, 4) is 5.69 Å². The van der Waals surface area contributed by atoms with Gasteiger partial charge in [-0.25, -0.2) is 0 Å². The zero-order valence-electron chi connectivity index (χ0n) is 10.0. The Bertz CT molecular complexity index is 636. The SMILES string of the molecule is CC(Sc1nncs1)c1nnnn1-c1ccccc1. The van der Waals surface area contributed by atoms with E-state index < -0.39 is 0 Å². The Morgan fingerprint density at radius 2 is 2.05 bits per heavy atom. The van der Waals surface area contributed by atoms with Gasteiger partial charge in [0.05, 0.1) is 10.9 Å². The molecule has 0 saturated heterocycles. The minimum atomic E-state index is 0.100. The third-order valence-electron chi connectivity index (χ3n) is 2.48. The maximum Gasteiger partial charge on any atom is 0.174 e. The Kier molecular flexibility index (Phi) is 3.51. The van der Waals surface area contributed by atoms with Crippen LogP contribution in [-0.2, 0) is 0 Å². The van der Waals surface area contributed by atoms with E-state index in [9.17, 15) is 0 Å². The van der Waals surface area contributed by atoms with E-state index in [0.717, 1.165) is 15.9 Å². The molecule has 19 heavy (non-hydrogen) atoms. The van der Waals surface area contributed by atoms with Crippen molar-refractivity contribution < 1.29 is 0 Å². The zero-order valence-corrected chi connectivity index (χ0v) is 11.7. The third kappa shape index (κ3) is 2.64. The molecule has 0 aliphatic heterocycles. The molecule has 8 heteroatoms. The van der Waals surface area contributed by atoms with Crippen LogP contribution in [0.2, 0.25) is 0 Å². The number of nitrogens with zero attached hydrogens (tertiary/aromatic N) is 6. The van der Waals surface area contributed by atoms with Crippen LogP contribution in [0, 0.1) is 0 Å². The number of para-hydroxylation sites is 1. The summed E-state index contributed by atoms with van der Waals surface area (Å²) < 4.78 is 2.66. The summed E-state index contributed by atoms with van der Waals surface area (Å²) in [6, 6.07) is 9.84. The lowest BCUT2D eigenvalue weighted by Crippen LogP contribution is -2.04. The molecule has 1 unspecified atom stereocenters. The zero-order chi connectivity index (χ0) is 13.1. The van der Waals surface area contributed by atoms with E-state index in [1.165, 1.54) is 11.3 Å². The Balaban J connectivity index is 1.88. The predicted octanol–water partition coefficient (Wildman–Crippen LogP) is 2.37. The molecule has 0 fully saturated rings. The van der Waals surface area contributed by atoms with Crippen molar-refractivity contribution in [3.05, 3.63) is 41.7 Å². The fourth-order valence-electron chi connectivity index (χ4n) is 1.62. The molecule has 0 amide bonds. The first-order valence-electron chi connectivity index (χ1n) is 5.61. The number of aromatic nitrogens is 6. The molecule has 2 heterocycles. The number of hydrogen-bond donors (Lipinski definition) is 0. The van der Waals surface area contributed by atoms with Crippen molar-refractivity contribution in [2.45, 2.75) is 16.5 Å². The first-order valence-corrected chi connectivity index (χ1v) is 7.37. The standard InChI is InChI=1S/C11H10N6S2/c1-8(19-11-14-12-7-18-11)10-13-15-16-17(10)9-5-3-2-4-6-9/h2-8H,1H3. The van der Waals surface area contributed by atoms with E-state index in [1.807, 2.05) is 30.3 Å². The molecule has 0 saturated carbocycles. The van der Waals surface area contributed by atoms with Gasteiger partial charge in [-0.05, 0) is 29.5 Å². The predicted molar refractivity (Wildman–Crippen MR) is 73.3 cm³/mol. The summed E-state index contributed by atoms with van der Waals surface area (Å²) in [6.45, 7) is 2.05. The van der Waals surface area contributed by atoms with E-state index in [0.29, 0.717) is 0 Å². The van der Waals surface area contributed by atoms with Crippen molar-refractivity contribution in [1.29, 1.82) is 0 Å². The Hall–Kier alpha value is -1.80. The van der Waals surface area contributed by atoms with Crippen LogP contribution in [0.15, 0.2) is 40.2 Å². The molecule has 0 spiro atoms. The molecule has 0 aliphatic rings. The second-order valence-electron chi connectivity index (χ2n) is 3.75. The molecule has 1 atom stereocenters. The lowest BCUT2D eigenvalue weighted by Gasteiger charge is -2.09. The van der Waals surface area contributed by atoms with Gasteiger partial charge in [0.25, 0.3) is 0 Å². The Morgan fingerprint density at radius 1 is 1.21 bits per heavy atom. The van der Waals surface area contributed by atoms with Crippen LogP contribution >= 0.6 is 23.1 Å². The summed E-state index contributed by atoms with van der Waals surface area (Å²) in [6.07, 6.45) is 0. The van der Waals surface area contributed by atoms with E-state index in [4.69, 9.17) is 0 Å². The lowest BCUT2D eigenvalue weighted by atomic mass is 10.3. The highest BCUT2D eigenvalue weighted by atomic mass is 32.2. The summed E-state index contributed by atoms with van der Waals surface area (Å²) in [5, 5.41) is 19.9. The van der Waals surface area contributed by atoms with E-state index in [1.54, 1.807) is 22.0 Å². The molecule has 96 valence electrons. The number of hydrogen-bond acceptors (Lipinski definition) is 7. The van der Waals surface area contributed by atoms with Crippen molar-refractivity contribution in [2.24, 2.45) is 0 Å². The summed E-state index contributed by atoms with van der Waals surface area (Å²) in [7, 11) is 0. The van der Waals surface area contributed by atoms with Gasteiger partial charge < -0.3 is 0 Å². The van der Waals surface area contributed by atoms with Crippen LogP contribution in [-0.4, -0.2) is 30.4 Å². The second-order valence-corrected chi connectivity index (χ2v) is 6.17. The maximum atomic E-state index is 4.11. The van der Waals surface area contributed by atoms with Gasteiger partial charge in [-0.3, -0.25) is 0 Å². The largest absolute Gasteiger partial charge is 0.196 e. The highest BCUT2D eigenvalue weighted by Crippen LogP contribution is 2.34. The smallest absolute Gasteiger partial charge is 0.174 e. The van der Waals surface area contributed by atoms with Crippen molar-refractivity contribution >= 4 is 23.1 Å². The molecule has 1 aromatic carbocycles. The minimum absolute atomic E-state index is 0.100. The number of rotatable bonds is 4. The number of benzene rings is 1. The van der Waals surface area contributed by atoms with E-state index in [2.05, 4.69) is 32.6 Å². The Labute approximate surface area is 117 Å². The first kappa shape index (κ1) is 12.2. The average molecular weight is 290 g/mol. The monoisotopic (exact) mass is 290 g/mol. The fraction of sp³-hybridized carbons (Fsp3) is 0.182. The molecular formula is C11H10N6S2. The van der Waals surface area contributed by atoms with Crippen molar-refractivity contribution in [1.82, 2.24) is 30.4 Å². The Morgan fingerprint density at radius 3 is 2.79 bits per heavy atom.